The minimum atomic E-state index is -0.448. The molecule has 1 atom stereocenters. The lowest BCUT2D eigenvalue weighted by molar-refractivity contribution is -0.118. The van der Waals surface area contributed by atoms with Gasteiger partial charge in [-0.15, -0.1) is 0 Å². The topological polar surface area (TPSA) is 72.9 Å². The van der Waals surface area contributed by atoms with Crippen molar-refractivity contribution in [2.75, 3.05) is 5.32 Å². The minimum absolute atomic E-state index is 0.407. The highest BCUT2D eigenvalue weighted by atomic mass is 35.5. The maximum absolute atomic E-state index is 11.1. The molecule has 2 rings (SSSR count). The fourth-order valence-corrected chi connectivity index (χ4v) is 1.91. The van der Waals surface area contributed by atoms with Crippen molar-refractivity contribution in [2.24, 2.45) is 5.73 Å². The molecular formula is C13H15ClN4O. The van der Waals surface area contributed by atoms with Crippen LogP contribution in [0.4, 0.5) is 5.69 Å². The van der Waals surface area contributed by atoms with E-state index in [9.17, 15) is 4.79 Å². The summed E-state index contributed by atoms with van der Waals surface area (Å²) < 4.78 is 1.75. The first-order chi connectivity index (χ1) is 8.99. The number of anilines is 1. The molecule has 1 amide bonds. The molecule has 19 heavy (non-hydrogen) atoms. The van der Waals surface area contributed by atoms with Crippen LogP contribution in [0.25, 0.3) is 5.69 Å². The molecule has 0 bridgehead atoms. The molecule has 0 aliphatic carbocycles. The molecule has 0 radical (unpaired) electrons. The van der Waals surface area contributed by atoms with Crippen molar-refractivity contribution in [3.8, 4) is 5.69 Å². The number of rotatable bonds is 4. The van der Waals surface area contributed by atoms with Crippen molar-refractivity contribution in [1.29, 1.82) is 0 Å². The van der Waals surface area contributed by atoms with E-state index < -0.39 is 11.9 Å². The highest BCUT2D eigenvalue weighted by Crippen LogP contribution is 2.21. The fraction of sp³-hybridized carbons (Fsp3) is 0.231. The van der Waals surface area contributed by atoms with Crippen LogP contribution in [0.15, 0.2) is 30.5 Å². The first kappa shape index (κ1) is 13.4. The van der Waals surface area contributed by atoms with Gasteiger partial charge in [-0.1, -0.05) is 17.7 Å². The number of nitrogens with one attached hydrogen (secondary N) is 1. The van der Waals surface area contributed by atoms with Crippen molar-refractivity contribution >= 4 is 23.2 Å². The van der Waals surface area contributed by atoms with E-state index in [2.05, 4.69) is 10.4 Å². The van der Waals surface area contributed by atoms with E-state index in [0.717, 1.165) is 17.1 Å². The van der Waals surface area contributed by atoms with Crippen LogP contribution >= 0.6 is 11.6 Å². The highest BCUT2D eigenvalue weighted by molar-refractivity contribution is 6.30. The van der Waals surface area contributed by atoms with Crippen LogP contribution in [-0.2, 0) is 4.79 Å². The fourth-order valence-electron chi connectivity index (χ4n) is 1.72. The van der Waals surface area contributed by atoms with Gasteiger partial charge in [0.25, 0.3) is 0 Å². The van der Waals surface area contributed by atoms with Gasteiger partial charge in [-0.3, -0.25) is 4.79 Å². The number of amides is 1. The molecular weight excluding hydrogens is 264 g/mol. The first-order valence-electron chi connectivity index (χ1n) is 5.85. The molecule has 5 nitrogen and oxygen atoms in total. The second-order valence-corrected chi connectivity index (χ2v) is 4.74. The van der Waals surface area contributed by atoms with E-state index in [4.69, 9.17) is 17.3 Å². The van der Waals surface area contributed by atoms with Gasteiger partial charge in [0.1, 0.15) is 6.04 Å². The molecule has 0 saturated heterocycles. The average molecular weight is 279 g/mol. The lowest BCUT2D eigenvalue weighted by Crippen LogP contribution is -2.32. The van der Waals surface area contributed by atoms with E-state index in [1.807, 2.05) is 25.1 Å². The predicted octanol–water partition coefficient (Wildman–Crippen LogP) is 2.12. The Labute approximate surface area is 116 Å². The maximum Gasteiger partial charge on any atom is 0.239 e. The van der Waals surface area contributed by atoms with Crippen molar-refractivity contribution in [1.82, 2.24) is 9.78 Å². The Hall–Kier alpha value is -2.01. The van der Waals surface area contributed by atoms with Crippen LogP contribution in [0.1, 0.15) is 12.6 Å². The quantitative estimate of drug-likeness (QED) is 0.900. The van der Waals surface area contributed by atoms with Gasteiger partial charge in [0.2, 0.25) is 5.91 Å². The summed E-state index contributed by atoms with van der Waals surface area (Å²) in [6, 6.07) is 6.95. The molecule has 0 aliphatic rings. The Balaban J connectivity index is 2.30. The number of carbonyl (C=O) groups excluding carboxylic acids is 1. The number of nitrogens with zero attached hydrogens (tertiary/aromatic N) is 2. The molecule has 0 aliphatic heterocycles. The number of halogens is 1. The molecule has 6 heteroatoms. The van der Waals surface area contributed by atoms with Crippen molar-refractivity contribution in [2.45, 2.75) is 19.9 Å². The monoisotopic (exact) mass is 278 g/mol. The Morgan fingerprint density at radius 1 is 1.53 bits per heavy atom. The average Bonchev–Trinajstić information content (AvgIpc) is 2.71. The van der Waals surface area contributed by atoms with E-state index >= 15 is 0 Å². The summed E-state index contributed by atoms with van der Waals surface area (Å²) in [5.41, 5.74) is 7.75. The second-order valence-electron chi connectivity index (χ2n) is 4.30. The van der Waals surface area contributed by atoms with Gasteiger partial charge < -0.3 is 11.1 Å². The summed E-state index contributed by atoms with van der Waals surface area (Å²) >= 11 is 5.96. The molecule has 1 heterocycles. The number of primary amides is 1. The summed E-state index contributed by atoms with van der Waals surface area (Å²) in [4.78, 5) is 11.1. The molecule has 1 unspecified atom stereocenters. The van der Waals surface area contributed by atoms with Crippen LogP contribution in [0.2, 0.25) is 5.02 Å². The summed E-state index contributed by atoms with van der Waals surface area (Å²) in [6.45, 7) is 3.61. The zero-order valence-corrected chi connectivity index (χ0v) is 11.5. The number of nitrogens with two attached hydrogens (primary N) is 1. The lowest BCUT2D eigenvalue weighted by Gasteiger charge is -2.11. The number of hydrogen-bond donors (Lipinski definition) is 2. The Morgan fingerprint density at radius 2 is 2.26 bits per heavy atom. The maximum atomic E-state index is 11.1. The zero-order valence-electron chi connectivity index (χ0n) is 10.7. The predicted molar refractivity (Wildman–Crippen MR) is 75.6 cm³/mol. The third kappa shape index (κ3) is 2.88. The van der Waals surface area contributed by atoms with Crippen molar-refractivity contribution < 1.29 is 4.79 Å². The number of carbonyl (C=O) groups is 1. The summed E-state index contributed by atoms with van der Waals surface area (Å²) in [7, 11) is 0. The summed E-state index contributed by atoms with van der Waals surface area (Å²) in [6.07, 6.45) is 1.66. The van der Waals surface area contributed by atoms with E-state index in [1.165, 1.54) is 0 Å². The number of aromatic nitrogens is 2. The smallest absolute Gasteiger partial charge is 0.239 e. The largest absolute Gasteiger partial charge is 0.371 e. The number of benzene rings is 1. The van der Waals surface area contributed by atoms with Crippen LogP contribution in [0, 0.1) is 6.92 Å². The van der Waals surface area contributed by atoms with E-state index in [-0.39, 0.29) is 0 Å². The van der Waals surface area contributed by atoms with Gasteiger partial charge in [0, 0.05) is 5.02 Å². The number of hydrogen-bond acceptors (Lipinski definition) is 3. The Morgan fingerprint density at radius 3 is 2.89 bits per heavy atom. The van der Waals surface area contributed by atoms with Gasteiger partial charge in [0.15, 0.2) is 0 Å². The minimum Gasteiger partial charge on any atom is -0.371 e. The van der Waals surface area contributed by atoms with Crippen LogP contribution < -0.4 is 11.1 Å². The van der Waals surface area contributed by atoms with Crippen LogP contribution in [0.5, 0.6) is 0 Å². The standard InChI is InChI=1S/C13H15ClN4O/c1-8(13(15)19)17-12-7-16-18(9(12)2)11-5-3-4-10(14)6-11/h3-8,17H,1-2H3,(H2,15,19). The molecule has 2 aromatic rings. The molecule has 100 valence electrons. The first-order valence-corrected chi connectivity index (χ1v) is 6.23. The van der Waals surface area contributed by atoms with Crippen LogP contribution in [0.3, 0.4) is 0 Å². The van der Waals surface area contributed by atoms with Gasteiger partial charge >= 0.3 is 0 Å². The van der Waals surface area contributed by atoms with E-state index in [1.54, 1.807) is 23.9 Å². The lowest BCUT2D eigenvalue weighted by atomic mass is 10.3. The highest BCUT2D eigenvalue weighted by Gasteiger charge is 2.13. The molecule has 1 aromatic heterocycles. The van der Waals surface area contributed by atoms with Gasteiger partial charge in [-0.25, -0.2) is 4.68 Å². The normalized spacial score (nSPS) is 12.2. The Bertz CT molecular complexity index is 608. The zero-order chi connectivity index (χ0) is 14.0. The second kappa shape index (κ2) is 5.32. The molecule has 3 N–H and O–H groups in total. The third-order valence-corrected chi connectivity index (χ3v) is 3.10. The van der Waals surface area contributed by atoms with E-state index in [0.29, 0.717) is 5.02 Å². The SMILES string of the molecule is Cc1c(NC(C)C(N)=O)cnn1-c1cccc(Cl)c1. The van der Waals surface area contributed by atoms with Crippen molar-refractivity contribution in [3.63, 3.8) is 0 Å². The van der Waals surface area contributed by atoms with Crippen molar-refractivity contribution in [3.05, 3.63) is 41.2 Å². The van der Waals surface area contributed by atoms with Gasteiger partial charge in [-0.05, 0) is 32.0 Å². The third-order valence-electron chi connectivity index (χ3n) is 2.86. The molecule has 0 fully saturated rings. The Kier molecular flexibility index (Phi) is 3.76. The summed E-state index contributed by atoms with van der Waals surface area (Å²) in [5.74, 6) is -0.407. The van der Waals surface area contributed by atoms with Gasteiger partial charge in [0.05, 0.1) is 23.3 Å². The molecule has 0 spiro atoms. The van der Waals surface area contributed by atoms with Crippen LogP contribution in [-0.4, -0.2) is 21.7 Å². The van der Waals surface area contributed by atoms with Gasteiger partial charge in [-0.2, -0.15) is 5.10 Å². The molecule has 0 saturated carbocycles. The summed E-state index contributed by atoms with van der Waals surface area (Å²) in [5, 5.41) is 7.95. The molecule has 1 aromatic carbocycles.